The summed E-state index contributed by atoms with van der Waals surface area (Å²) in [5, 5.41) is -0.184. The molecule has 1 aliphatic heterocycles. The first kappa shape index (κ1) is 19.0. The molecule has 0 bridgehead atoms. The lowest BCUT2D eigenvalue weighted by Crippen LogP contribution is -2.48. The maximum absolute atomic E-state index is 14.1. The molecule has 0 aliphatic carbocycles. The molecule has 3 rings (SSSR count). The van der Waals surface area contributed by atoms with Gasteiger partial charge < -0.3 is 0 Å². The monoisotopic (exact) mass is 394 g/mol. The summed E-state index contributed by atoms with van der Waals surface area (Å²) in [6.07, 6.45) is 4.11. The van der Waals surface area contributed by atoms with Gasteiger partial charge in [-0.2, -0.15) is 4.31 Å². The Labute approximate surface area is 158 Å². The highest BCUT2D eigenvalue weighted by molar-refractivity contribution is 7.89. The molecule has 4 nitrogen and oxygen atoms in total. The van der Waals surface area contributed by atoms with E-state index in [-0.39, 0.29) is 9.92 Å². The highest BCUT2D eigenvalue weighted by Gasteiger charge is 2.30. The summed E-state index contributed by atoms with van der Waals surface area (Å²) >= 11 is 5.72. The van der Waals surface area contributed by atoms with E-state index in [0.29, 0.717) is 26.2 Å². The molecular weight excluding hydrogens is 375 g/mol. The van der Waals surface area contributed by atoms with Crippen molar-refractivity contribution in [2.24, 2.45) is 0 Å². The van der Waals surface area contributed by atoms with E-state index < -0.39 is 15.8 Å². The van der Waals surface area contributed by atoms with Gasteiger partial charge in [0.15, 0.2) is 5.82 Å². The molecule has 7 heteroatoms. The Morgan fingerprint density at radius 1 is 1.00 bits per heavy atom. The largest absolute Gasteiger partial charge is 0.297 e. The zero-order valence-electron chi connectivity index (χ0n) is 14.2. The molecule has 0 radical (unpaired) electrons. The highest BCUT2D eigenvalue weighted by Crippen LogP contribution is 2.25. The van der Waals surface area contributed by atoms with E-state index in [1.807, 2.05) is 36.4 Å². The minimum atomic E-state index is -3.87. The lowest BCUT2D eigenvalue weighted by atomic mass is 10.2. The Hall–Kier alpha value is -1.73. The smallest absolute Gasteiger partial charge is 0.246 e. The SMILES string of the molecule is O=S(=O)(c1cccc(Cl)c1F)N1CCN(C/C=C/c2ccccc2)CC1. The summed E-state index contributed by atoms with van der Waals surface area (Å²) < 4.78 is 40.7. The predicted octanol–water partition coefficient (Wildman–Crippen LogP) is 3.50. The van der Waals surface area contributed by atoms with Crippen LogP contribution in [0.4, 0.5) is 4.39 Å². The van der Waals surface area contributed by atoms with Crippen molar-refractivity contribution in [1.82, 2.24) is 9.21 Å². The third kappa shape index (κ3) is 4.32. The first-order valence-electron chi connectivity index (χ1n) is 8.36. The van der Waals surface area contributed by atoms with Gasteiger partial charge in [0.25, 0.3) is 0 Å². The number of sulfonamides is 1. The quantitative estimate of drug-likeness (QED) is 0.779. The third-order valence-electron chi connectivity index (χ3n) is 4.34. The van der Waals surface area contributed by atoms with Gasteiger partial charge in [-0.1, -0.05) is 60.2 Å². The lowest BCUT2D eigenvalue weighted by molar-refractivity contribution is 0.204. The van der Waals surface area contributed by atoms with Crippen LogP contribution in [-0.4, -0.2) is 50.3 Å². The second kappa shape index (κ2) is 8.31. The van der Waals surface area contributed by atoms with Crippen molar-refractivity contribution in [2.45, 2.75) is 4.90 Å². The minimum Gasteiger partial charge on any atom is -0.297 e. The van der Waals surface area contributed by atoms with Crippen LogP contribution in [0.25, 0.3) is 6.08 Å². The lowest BCUT2D eigenvalue weighted by Gasteiger charge is -2.33. The summed E-state index contributed by atoms with van der Waals surface area (Å²) in [5.74, 6) is -0.887. The van der Waals surface area contributed by atoms with Crippen LogP contribution in [0, 0.1) is 5.82 Å². The van der Waals surface area contributed by atoms with E-state index in [1.165, 1.54) is 22.5 Å². The predicted molar refractivity (Wildman–Crippen MR) is 102 cm³/mol. The molecule has 0 atom stereocenters. The summed E-state index contributed by atoms with van der Waals surface area (Å²) in [6.45, 7) is 2.59. The van der Waals surface area contributed by atoms with Gasteiger partial charge in [-0.25, -0.2) is 12.8 Å². The van der Waals surface area contributed by atoms with Gasteiger partial charge >= 0.3 is 0 Å². The molecule has 1 fully saturated rings. The molecule has 2 aromatic carbocycles. The molecule has 1 saturated heterocycles. The third-order valence-corrected chi connectivity index (χ3v) is 6.55. The molecule has 0 aromatic heterocycles. The number of piperazine rings is 1. The molecule has 0 saturated carbocycles. The highest BCUT2D eigenvalue weighted by atomic mass is 35.5. The van der Waals surface area contributed by atoms with Crippen LogP contribution >= 0.6 is 11.6 Å². The van der Waals surface area contributed by atoms with E-state index in [0.717, 1.165) is 12.1 Å². The molecule has 0 amide bonds. The number of benzene rings is 2. The van der Waals surface area contributed by atoms with Crippen LogP contribution in [0.3, 0.4) is 0 Å². The Morgan fingerprint density at radius 2 is 1.69 bits per heavy atom. The van der Waals surface area contributed by atoms with Crippen molar-refractivity contribution >= 4 is 27.7 Å². The topological polar surface area (TPSA) is 40.6 Å². The van der Waals surface area contributed by atoms with E-state index in [9.17, 15) is 12.8 Å². The first-order valence-corrected chi connectivity index (χ1v) is 10.2. The van der Waals surface area contributed by atoms with Crippen LogP contribution in [-0.2, 0) is 10.0 Å². The van der Waals surface area contributed by atoms with E-state index in [1.54, 1.807) is 0 Å². The minimum absolute atomic E-state index is 0.184. The van der Waals surface area contributed by atoms with Gasteiger partial charge in [0.1, 0.15) is 4.90 Å². The summed E-state index contributed by atoms with van der Waals surface area (Å²) in [6, 6.07) is 14.0. The zero-order valence-corrected chi connectivity index (χ0v) is 15.8. The number of hydrogen-bond donors (Lipinski definition) is 0. The van der Waals surface area contributed by atoms with Gasteiger partial charge in [-0.05, 0) is 17.7 Å². The maximum Gasteiger partial charge on any atom is 0.246 e. The Balaban J connectivity index is 1.59. The Kier molecular flexibility index (Phi) is 6.09. The van der Waals surface area contributed by atoms with Crippen molar-refractivity contribution in [3.8, 4) is 0 Å². The van der Waals surface area contributed by atoms with E-state index in [2.05, 4.69) is 11.0 Å². The van der Waals surface area contributed by atoms with Crippen molar-refractivity contribution < 1.29 is 12.8 Å². The van der Waals surface area contributed by atoms with Crippen LogP contribution < -0.4 is 0 Å². The van der Waals surface area contributed by atoms with Gasteiger partial charge in [-0.15, -0.1) is 0 Å². The number of nitrogens with zero attached hydrogens (tertiary/aromatic N) is 2. The fraction of sp³-hybridized carbons (Fsp3) is 0.263. The Bertz CT molecular complexity index is 880. The van der Waals surface area contributed by atoms with E-state index >= 15 is 0 Å². The fourth-order valence-corrected chi connectivity index (χ4v) is 4.62. The molecule has 0 N–H and O–H groups in total. The average molecular weight is 395 g/mol. The van der Waals surface area contributed by atoms with Crippen molar-refractivity contribution in [3.63, 3.8) is 0 Å². The number of rotatable bonds is 5. The standard InChI is InChI=1S/C19H20ClFN2O2S/c20-17-9-4-10-18(19(17)21)26(24,25)23-14-12-22(13-15-23)11-5-8-16-6-2-1-3-7-16/h1-10H,11-15H2/b8-5+. The second-order valence-electron chi connectivity index (χ2n) is 6.07. The molecular formula is C19H20ClFN2O2S. The first-order chi connectivity index (χ1) is 12.5. The zero-order chi connectivity index (χ0) is 18.6. The van der Waals surface area contributed by atoms with Crippen molar-refractivity contribution in [2.75, 3.05) is 32.7 Å². The van der Waals surface area contributed by atoms with Crippen LogP contribution in [0.15, 0.2) is 59.5 Å². The van der Waals surface area contributed by atoms with Gasteiger partial charge in [0, 0.05) is 32.7 Å². The maximum atomic E-state index is 14.1. The van der Waals surface area contributed by atoms with Gasteiger partial charge in [0.05, 0.1) is 5.02 Å². The molecule has 2 aromatic rings. The van der Waals surface area contributed by atoms with Crippen LogP contribution in [0.1, 0.15) is 5.56 Å². The summed E-state index contributed by atoms with van der Waals surface area (Å²) in [7, 11) is -3.87. The molecule has 0 spiro atoms. The van der Waals surface area contributed by atoms with E-state index in [4.69, 9.17) is 11.6 Å². The van der Waals surface area contributed by atoms with Gasteiger partial charge in [0.2, 0.25) is 10.0 Å². The van der Waals surface area contributed by atoms with Crippen LogP contribution in [0.2, 0.25) is 5.02 Å². The number of halogens is 2. The second-order valence-corrected chi connectivity index (χ2v) is 8.38. The van der Waals surface area contributed by atoms with Crippen molar-refractivity contribution in [1.29, 1.82) is 0 Å². The molecule has 26 heavy (non-hydrogen) atoms. The molecule has 1 heterocycles. The number of hydrogen-bond acceptors (Lipinski definition) is 3. The summed E-state index contributed by atoms with van der Waals surface area (Å²) in [4.78, 5) is 1.81. The van der Waals surface area contributed by atoms with Gasteiger partial charge in [-0.3, -0.25) is 4.90 Å². The van der Waals surface area contributed by atoms with Crippen LogP contribution in [0.5, 0.6) is 0 Å². The molecule has 0 unspecified atom stereocenters. The molecule has 138 valence electrons. The average Bonchev–Trinajstić information content (AvgIpc) is 2.65. The Morgan fingerprint density at radius 3 is 2.38 bits per heavy atom. The van der Waals surface area contributed by atoms with Crippen molar-refractivity contribution in [3.05, 3.63) is 71.0 Å². The summed E-state index contributed by atoms with van der Waals surface area (Å²) in [5.41, 5.74) is 1.13. The normalized spacial score (nSPS) is 17.0. The fourth-order valence-electron chi connectivity index (χ4n) is 2.88. The molecule has 1 aliphatic rings.